The van der Waals surface area contributed by atoms with Gasteiger partial charge in [0.2, 0.25) is 11.8 Å². The number of aryl methyl sites for hydroxylation is 2. The zero-order valence-corrected chi connectivity index (χ0v) is 33.8. The van der Waals surface area contributed by atoms with Crippen molar-refractivity contribution in [3.05, 3.63) is 103 Å². The summed E-state index contributed by atoms with van der Waals surface area (Å²) in [5, 5.41) is 2.36. The molecule has 0 bridgehead atoms. The predicted octanol–water partition coefficient (Wildman–Crippen LogP) is 5.12. The van der Waals surface area contributed by atoms with Gasteiger partial charge in [0, 0.05) is 69.6 Å². The van der Waals surface area contributed by atoms with Gasteiger partial charge in [-0.15, -0.1) is 0 Å². The number of nitrogens with zero attached hydrogens (tertiary/aromatic N) is 5. The van der Waals surface area contributed by atoms with Crippen molar-refractivity contribution in [1.82, 2.24) is 28.8 Å². The molecule has 5 aromatic rings. The van der Waals surface area contributed by atoms with E-state index in [1.54, 1.807) is 42.3 Å². The molecular formula is C45H48F2N6O6. The van der Waals surface area contributed by atoms with E-state index in [0.29, 0.717) is 60.6 Å². The van der Waals surface area contributed by atoms with Crippen molar-refractivity contribution < 1.29 is 27.8 Å². The predicted molar refractivity (Wildman–Crippen MR) is 219 cm³/mol. The molecule has 0 spiro atoms. The van der Waals surface area contributed by atoms with Crippen molar-refractivity contribution >= 4 is 22.8 Å². The lowest BCUT2D eigenvalue weighted by Crippen LogP contribution is -2.58. The van der Waals surface area contributed by atoms with Crippen LogP contribution in [-0.2, 0) is 56.0 Å². The number of carbonyl (C=O) groups is 2. The van der Waals surface area contributed by atoms with Gasteiger partial charge in [0.1, 0.15) is 17.5 Å². The summed E-state index contributed by atoms with van der Waals surface area (Å²) in [7, 11) is 6.60. The number of halogens is 2. The second-order valence-electron chi connectivity index (χ2n) is 16.5. The van der Waals surface area contributed by atoms with E-state index in [-0.39, 0.29) is 36.5 Å². The fourth-order valence-corrected chi connectivity index (χ4v) is 10.1. The lowest BCUT2D eigenvalue weighted by molar-refractivity contribution is -0.135. The highest BCUT2D eigenvalue weighted by molar-refractivity contribution is 6.01. The second-order valence-corrected chi connectivity index (χ2v) is 16.5. The number of methoxy groups -OCH3 is 2. The topological polar surface area (TPSA) is 120 Å². The Hall–Kier alpha value is -5.60. The first-order valence-corrected chi connectivity index (χ1v) is 20.3. The van der Waals surface area contributed by atoms with Crippen molar-refractivity contribution in [2.45, 2.75) is 76.0 Å². The Kier molecular flexibility index (Phi) is 9.82. The Bertz CT molecular complexity index is 2640. The summed E-state index contributed by atoms with van der Waals surface area (Å²) < 4.78 is 48.9. The molecule has 0 saturated carbocycles. The monoisotopic (exact) mass is 806 g/mol. The average molecular weight is 807 g/mol. The third kappa shape index (κ3) is 6.66. The summed E-state index contributed by atoms with van der Waals surface area (Å²) in [6.45, 7) is 1.21. The van der Waals surface area contributed by atoms with Gasteiger partial charge < -0.3 is 14.0 Å². The van der Waals surface area contributed by atoms with E-state index in [0.717, 1.165) is 63.8 Å². The number of alkyl halides is 2. The lowest BCUT2D eigenvalue weighted by atomic mass is 9.91. The number of nitrogens with one attached hydrogen (secondary N) is 1. The third-order valence-corrected chi connectivity index (χ3v) is 13.0. The average Bonchev–Trinajstić information content (AvgIpc) is 3.81. The Labute approximate surface area is 339 Å². The van der Waals surface area contributed by atoms with Crippen LogP contribution < -0.4 is 26.0 Å². The number of fused-ring (bicyclic) bond motifs is 3. The Balaban J connectivity index is 0.919. The number of hydrogen-bond donors (Lipinski definition) is 1. The Morgan fingerprint density at radius 3 is 2.32 bits per heavy atom. The van der Waals surface area contributed by atoms with Crippen LogP contribution in [0.2, 0.25) is 0 Å². The van der Waals surface area contributed by atoms with Gasteiger partial charge in [-0.25, -0.2) is 13.6 Å². The van der Waals surface area contributed by atoms with Crippen LogP contribution in [0, 0.1) is 0 Å². The number of benzene rings is 3. The van der Waals surface area contributed by atoms with Crippen LogP contribution in [0.3, 0.4) is 0 Å². The molecule has 2 aromatic heterocycles. The quantitative estimate of drug-likeness (QED) is 0.215. The number of imide groups is 1. The first-order chi connectivity index (χ1) is 28.4. The first-order valence-electron chi connectivity index (χ1n) is 20.3. The highest BCUT2D eigenvalue weighted by Crippen LogP contribution is 2.41. The third-order valence-electron chi connectivity index (χ3n) is 13.0. The summed E-state index contributed by atoms with van der Waals surface area (Å²) in [5.74, 6) is -2.68. The van der Waals surface area contributed by atoms with E-state index in [1.165, 1.54) is 4.57 Å². The van der Waals surface area contributed by atoms with Crippen LogP contribution in [0.1, 0.15) is 59.5 Å². The van der Waals surface area contributed by atoms with Crippen LogP contribution in [0.5, 0.6) is 11.5 Å². The van der Waals surface area contributed by atoms with Gasteiger partial charge in [0.15, 0.2) is 0 Å². The van der Waals surface area contributed by atoms with E-state index in [2.05, 4.69) is 11.4 Å². The van der Waals surface area contributed by atoms with Crippen LogP contribution in [0.25, 0.3) is 33.3 Å². The van der Waals surface area contributed by atoms with E-state index < -0.39 is 30.5 Å². The number of rotatable bonds is 8. The number of ether oxygens (including phenoxy) is 2. The van der Waals surface area contributed by atoms with Crippen LogP contribution >= 0.6 is 0 Å². The molecule has 308 valence electrons. The van der Waals surface area contributed by atoms with Gasteiger partial charge in [-0.1, -0.05) is 30.3 Å². The van der Waals surface area contributed by atoms with Gasteiger partial charge in [-0.05, 0) is 84.5 Å². The maximum absolute atomic E-state index is 16.3. The summed E-state index contributed by atoms with van der Waals surface area (Å²) >= 11 is 0. The molecule has 3 aliphatic heterocycles. The number of imidazole rings is 1. The molecule has 1 N–H and O–H groups in total. The minimum Gasteiger partial charge on any atom is -0.496 e. The van der Waals surface area contributed by atoms with Crippen molar-refractivity contribution in [2.24, 2.45) is 14.1 Å². The number of pyridine rings is 1. The van der Waals surface area contributed by atoms with Crippen molar-refractivity contribution in [3.63, 3.8) is 0 Å². The zero-order chi connectivity index (χ0) is 41.3. The molecule has 2 atom stereocenters. The highest BCUT2D eigenvalue weighted by atomic mass is 19.3. The number of hydrogen-bond acceptors (Lipinski definition) is 8. The van der Waals surface area contributed by atoms with E-state index in [9.17, 15) is 19.2 Å². The molecule has 0 unspecified atom stereocenters. The maximum Gasteiger partial charge on any atom is 0.329 e. The first kappa shape index (κ1) is 38.9. The van der Waals surface area contributed by atoms with Gasteiger partial charge in [0.25, 0.3) is 11.5 Å². The number of carbonyl (C=O) groups excluding carboxylic acids is 2. The second kappa shape index (κ2) is 14.9. The molecule has 5 heterocycles. The summed E-state index contributed by atoms with van der Waals surface area (Å²) in [6, 6.07) is 13.8. The van der Waals surface area contributed by atoms with Gasteiger partial charge in [0.05, 0.1) is 43.4 Å². The molecule has 2 saturated heterocycles. The van der Waals surface area contributed by atoms with Crippen LogP contribution in [0.4, 0.5) is 8.78 Å². The maximum atomic E-state index is 16.3. The van der Waals surface area contributed by atoms with Gasteiger partial charge in [-0.2, -0.15) is 0 Å². The molecule has 0 radical (unpaired) electrons. The van der Waals surface area contributed by atoms with Crippen LogP contribution in [0.15, 0.2) is 64.3 Å². The standard InChI is InChI=1S/C45H48F2N6O6/c1-49-23-33(31-8-5-9-32(31)43(49)56)29-20-37(58-3)34(38(21-29)59-4)24-51-17-16-39(45(46,47)25-51)52-18-15-26-19-27(11-12-28(26)22-52)30-7-6-10-35-41(30)50(2)44(57)53(35)36-13-14-40(54)48-42(36)55/h6-7,10-12,19-21,23,36,39H,5,8-9,13-18,22,24-25H2,1-4H3,(H,48,54,55)/t36-,39-/m0/s1. The summed E-state index contributed by atoms with van der Waals surface area (Å²) in [6.07, 6.45) is 5.68. The van der Waals surface area contributed by atoms with Gasteiger partial charge in [-0.3, -0.25) is 38.6 Å². The van der Waals surface area contributed by atoms with E-state index in [1.807, 2.05) is 53.6 Å². The van der Waals surface area contributed by atoms with E-state index >= 15 is 8.78 Å². The number of aromatic nitrogens is 3. The fraction of sp³-hybridized carbons (Fsp3) is 0.422. The number of para-hydroxylation sites is 1. The Morgan fingerprint density at radius 2 is 1.59 bits per heavy atom. The molecule has 2 amide bonds. The van der Waals surface area contributed by atoms with E-state index in [4.69, 9.17) is 9.47 Å². The number of likely N-dealkylation sites (tertiary alicyclic amines) is 1. The normalized spacial score (nSPS) is 20.7. The van der Waals surface area contributed by atoms with Crippen molar-refractivity contribution in [3.8, 4) is 33.8 Å². The van der Waals surface area contributed by atoms with Crippen molar-refractivity contribution in [2.75, 3.05) is 33.9 Å². The molecule has 2 fully saturated rings. The number of amides is 2. The number of piperidine rings is 2. The Morgan fingerprint density at radius 1 is 0.831 bits per heavy atom. The molecule has 14 heteroatoms. The zero-order valence-electron chi connectivity index (χ0n) is 33.8. The highest BCUT2D eigenvalue weighted by Gasteiger charge is 2.48. The molecule has 59 heavy (non-hydrogen) atoms. The summed E-state index contributed by atoms with van der Waals surface area (Å²) in [4.78, 5) is 54.6. The molecule has 1 aliphatic carbocycles. The fourth-order valence-electron chi connectivity index (χ4n) is 10.1. The SMILES string of the molecule is COc1cc(-c2cn(C)c(=O)c3c2CCC3)cc(OC)c1CN1CC[C@H](N2CCc3cc(-c4cccc5c4n(C)c(=O)n5[C@H]4CCC(=O)NC4=O)ccc3C2)C(F)(F)C1. The summed E-state index contributed by atoms with van der Waals surface area (Å²) in [5.41, 5.74) is 9.24. The van der Waals surface area contributed by atoms with Crippen molar-refractivity contribution in [1.29, 1.82) is 0 Å². The smallest absolute Gasteiger partial charge is 0.329 e. The minimum atomic E-state index is -2.97. The minimum absolute atomic E-state index is 0.0329. The molecule has 9 rings (SSSR count). The molecule has 3 aromatic carbocycles. The lowest BCUT2D eigenvalue weighted by Gasteiger charge is -2.45. The van der Waals surface area contributed by atoms with Gasteiger partial charge >= 0.3 is 5.69 Å². The molecule has 12 nitrogen and oxygen atoms in total. The largest absolute Gasteiger partial charge is 0.496 e. The molecular weight excluding hydrogens is 759 g/mol. The van der Waals surface area contributed by atoms with Crippen LogP contribution in [-0.4, -0.2) is 81.1 Å². The molecule has 4 aliphatic rings.